The zero-order valence-corrected chi connectivity index (χ0v) is 30.1. The highest BCUT2D eigenvalue weighted by Gasteiger charge is 2.52. The van der Waals surface area contributed by atoms with E-state index >= 15 is 0 Å². The number of nitrogen functional groups attached to an aromatic ring is 1. The fourth-order valence-electron chi connectivity index (χ4n) is 5.89. The number of aromatic nitrogens is 2. The number of ether oxygens (including phenoxy) is 2. The minimum Gasteiger partial charge on any atom is -0.497 e. The number of anilines is 1. The summed E-state index contributed by atoms with van der Waals surface area (Å²) in [6.07, 6.45) is 3.75. The third-order valence-corrected chi connectivity index (χ3v) is 10.8. The number of hydrogen-bond donors (Lipinski definition) is 2. The van der Waals surface area contributed by atoms with E-state index in [4.69, 9.17) is 20.3 Å². The number of carboxylic acid groups (broad SMARTS) is 1. The first-order valence-corrected chi connectivity index (χ1v) is 18.3. The van der Waals surface area contributed by atoms with Gasteiger partial charge in [0.2, 0.25) is 0 Å². The van der Waals surface area contributed by atoms with Crippen molar-refractivity contribution >= 4 is 39.6 Å². The molecule has 10 heteroatoms. The molecule has 0 unspecified atom stereocenters. The normalized spacial score (nSPS) is 14.5. The smallest absolute Gasteiger partial charge is 0.314 e. The van der Waals surface area contributed by atoms with Crippen molar-refractivity contribution < 1.29 is 24.2 Å². The summed E-state index contributed by atoms with van der Waals surface area (Å²) in [4.78, 5) is 32.8. The highest BCUT2D eigenvalue weighted by Crippen LogP contribution is 2.50. The van der Waals surface area contributed by atoms with E-state index in [9.17, 15) is 9.59 Å². The number of carbonyl (C=O) groups is 2. The van der Waals surface area contributed by atoms with Crippen LogP contribution < -0.4 is 15.2 Å². The Morgan fingerprint density at radius 2 is 1.12 bits per heavy atom. The lowest BCUT2D eigenvalue weighted by Crippen LogP contribution is -2.22. The first-order chi connectivity index (χ1) is 24.8. The van der Waals surface area contributed by atoms with E-state index in [-0.39, 0.29) is 11.2 Å². The van der Waals surface area contributed by atoms with Crippen LogP contribution in [0.4, 0.5) is 5.13 Å². The lowest BCUT2D eigenvalue weighted by atomic mass is 9.90. The van der Waals surface area contributed by atoms with Gasteiger partial charge < -0.3 is 20.3 Å². The van der Waals surface area contributed by atoms with Crippen LogP contribution in [0.25, 0.3) is 22.5 Å². The minimum absolute atomic E-state index is 0.270. The second-order valence-electron chi connectivity index (χ2n) is 12.5. The SMILES string of the molecule is COc1ccc(C2(C(=O)Cc3nc(-c4ccccc4)cs3)CC2)cc1.COc1ccc(C2(C(=O)O)CC2)cc1.Nc1nc(-c2ccccc2)cs1. The zero-order valence-electron chi connectivity index (χ0n) is 28.5. The predicted octanol–water partition coefficient (Wildman–Crippen LogP) is 8.87. The molecule has 8 nitrogen and oxygen atoms in total. The van der Waals surface area contributed by atoms with Crippen LogP contribution in [0, 0.1) is 0 Å². The number of benzene rings is 4. The molecule has 260 valence electrons. The molecule has 2 saturated carbocycles. The van der Waals surface area contributed by atoms with Crippen molar-refractivity contribution in [2.75, 3.05) is 20.0 Å². The van der Waals surface area contributed by atoms with Gasteiger partial charge in [-0.05, 0) is 61.1 Å². The van der Waals surface area contributed by atoms with E-state index in [2.05, 4.69) is 9.97 Å². The number of carboxylic acids is 1. The number of nitrogens with two attached hydrogens (primary N) is 1. The molecule has 0 spiro atoms. The van der Waals surface area contributed by atoms with Crippen molar-refractivity contribution in [1.82, 2.24) is 9.97 Å². The van der Waals surface area contributed by atoms with Gasteiger partial charge in [-0.2, -0.15) is 0 Å². The fourth-order valence-corrected chi connectivity index (χ4v) is 7.27. The molecule has 0 saturated heterocycles. The van der Waals surface area contributed by atoms with Crippen molar-refractivity contribution in [3.63, 3.8) is 0 Å². The molecule has 0 aliphatic heterocycles. The summed E-state index contributed by atoms with van der Waals surface area (Å²) in [5, 5.41) is 14.6. The minimum atomic E-state index is -0.720. The van der Waals surface area contributed by atoms with E-state index in [1.807, 2.05) is 108 Å². The van der Waals surface area contributed by atoms with E-state index < -0.39 is 11.4 Å². The van der Waals surface area contributed by atoms with Crippen LogP contribution in [0.15, 0.2) is 120 Å². The molecule has 2 heterocycles. The second-order valence-corrected chi connectivity index (χ2v) is 14.3. The van der Waals surface area contributed by atoms with Crippen LogP contribution in [0.2, 0.25) is 0 Å². The zero-order chi connectivity index (χ0) is 35.8. The summed E-state index contributed by atoms with van der Waals surface area (Å²) in [5.74, 6) is 1.13. The van der Waals surface area contributed by atoms with Gasteiger partial charge in [-0.15, -0.1) is 22.7 Å². The second kappa shape index (κ2) is 15.7. The lowest BCUT2D eigenvalue weighted by molar-refractivity contribution is -0.140. The van der Waals surface area contributed by atoms with Crippen molar-refractivity contribution in [3.05, 3.63) is 136 Å². The number of methoxy groups -OCH3 is 2. The molecule has 8 rings (SSSR count). The van der Waals surface area contributed by atoms with Gasteiger partial charge >= 0.3 is 5.97 Å². The van der Waals surface area contributed by atoms with Gasteiger partial charge in [0, 0.05) is 21.9 Å². The Bertz CT molecular complexity index is 2050. The van der Waals surface area contributed by atoms with Crippen LogP contribution in [0.3, 0.4) is 0 Å². The van der Waals surface area contributed by atoms with Crippen LogP contribution in [0.1, 0.15) is 41.8 Å². The molecule has 51 heavy (non-hydrogen) atoms. The molecule has 3 N–H and O–H groups in total. The lowest BCUT2D eigenvalue weighted by Gasteiger charge is -2.14. The van der Waals surface area contributed by atoms with Crippen molar-refractivity contribution in [1.29, 1.82) is 0 Å². The molecular formula is C41H39N3O5S2. The van der Waals surface area contributed by atoms with Gasteiger partial charge in [0.05, 0.1) is 42.9 Å². The monoisotopic (exact) mass is 717 g/mol. The molecule has 0 atom stereocenters. The van der Waals surface area contributed by atoms with E-state index in [0.717, 1.165) is 75.8 Å². The number of rotatable bonds is 10. The van der Waals surface area contributed by atoms with E-state index in [0.29, 0.717) is 11.6 Å². The Kier molecular flexibility index (Phi) is 10.9. The topological polar surface area (TPSA) is 125 Å². The maximum absolute atomic E-state index is 12.9. The van der Waals surface area contributed by atoms with Gasteiger partial charge in [0.1, 0.15) is 22.3 Å². The summed E-state index contributed by atoms with van der Waals surface area (Å²) >= 11 is 3.03. The van der Waals surface area contributed by atoms with Gasteiger partial charge in [-0.25, -0.2) is 9.97 Å². The molecule has 2 aliphatic carbocycles. The first-order valence-electron chi connectivity index (χ1n) is 16.6. The number of ketones is 1. The van der Waals surface area contributed by atoms with Gasteiger partial charge in [-0.3, -0.25) is 9.59 Å². The maximum Gasteiger partial charge on any atom is 0.314 e. The quantitative estimate of drug-likeness (QED) is 0.144. The van der Waals surface area contributed by atoms with Crippen LogP contribution >= 0.6 is 22.7 Å². The molecule has 0 radical (unpaired) electrons. The average molecular weight is 718 g/mol. The van der Waals surface area contributed by atoms with Crippen LogP contribution in [0.5, 0.6) is 11.5 Å². The number of Topliss-reactive ketones (excluding diaryl/α,β-unsaturated/α-hetero) is 1. The molecular weight excluding hydrogens is 679 g/mol. The summed E-state index contributed by atoms with van der Waals surface area (Å²) < 4.78 is 10.2. The van der Waals surface area contributed by atoms with E-state index in [1.165, 1.54) is 11.3 Å². The number of carbonyl (C=O) groups excluding carboxylic acids is 1. The average Bonchev–Trinajstić information content (AvgIpc) is 4.08. The van der Waals surface area contributed by atoms with E-state index in [1.54, 1.807) is 37.7 Å². The Balaban J connectivity index is 0.000000145. The summed E-state index contributed by atoms with van der Waals surface area (Å²) in [6.45, 7) is 0. The predicted molar refractivity (Wildman–Crippen MR) is 204 cm³/mol. The molecule has 2 fully saturated rings. The highest BCUT2D eigenvalue weighted by atomic mass is 32.1. The fraction of sp³-hybridized carbons (Fsp3) is 0.220. The van der Waals surface area contributed by atoms with Crippen LogP contribution in [-0.4, -0.2) is 41.0 Å². The largest absolute Gasteiger partial charge is 0.497 e. The summed E-state index contributed by atoms with van der Waals surface area (Å²) in [6, 6.07) is 35.3. The summed E-state index contributed by atoms with van der Waals surface area (Å²) in [5.41, 5.74) is 10.7. The van der Waals surface area contributed by atoms with Crippen molar-refractivity contribution in [2.45, 2.75) is 42.9 Å². The number of hydrogen-bond acceptors (Lipinski definition) is 9. The molecule has 2 aliphatic rings. The third-order valence-electron chi connectivity index (χ3n) is 9.25. The highest BCUT2D eigenvalue weighted by molar-refractivity contribution is 7.13. The maximum atomic E-state index is 12.9. The molecule has 6 aromatic rings. The van der Waals surface area contributed by atoms with Gasteiger partial charge in [0.25, 0.3) is 0 Å². The standard InChI is InChI=1S/C21H19NO2S.C11H12O3.C9H8N2S/c1-24-17-9-7-16(8-10-17)21(11-12-21)19(23)13-20-22-18(14-25-20)15-5-3-2-4-6-15;1-14-9-4-2-8(3-5-9)11(6-7-11)10(12)13;10-9-11-8(6-12-9)7-4-2-1-3-5-7/h2-10,14H,11-13H2,1H3;2-5H,6-7H2,1H3,(H,12,13);1-6H,(H2,10,11). The molecule has 0 amide bonds. The van der Waals surface area contributed by atoms with Crippen LogP contribution in [-0.2, 0) is 26.8 Å². The third kappa shape index (κ3) is 8.36. The van der Waals surface area contributed by atoms with Crippen molar-refractivity contribution in [3.8, 4) is 34.0 Å². The van der Waals surface area contributed by atoms with Gasteiger partial charge in [0.15, 0.2) is 5.13 Å². The molecule has 4 aromatic carbocycles. The summed E-state index contributed by atoms with van der Waals surface area (Å²) in [7, 11) is 3.25. The Morgan fingerprint density at radius 1 is 0.667 bits per heavy atom. The first kappa shape index (κ1) is 35.5. The Hall–Kier alpha value is -5.32. The number of aliphatic carboxylic acids is 1. The molecule has 2 aromatic heterocycles. The number of nitrogens with zero attached hydrogens (tertiary/aromatic N) is 2. The van der Waals surface area contributed by atoms with Gasteiger partial charge in [-0.1, -0.05) is 84.9 Å². The Morgan fingerprint density at radius 3 is 1.53 bits per heavy atom. The number of thiazole rings is 2. The van der Waals surface area contributed by atoms with Crippen molar-refractivity contribution in [2.24, 2.45) is 0 Å². The Labute approximate surface area is 305 Å². The molecule has 0 bridgehead atoms.